The molecule has 3 aromatic rings. The van der Waals surface area contributed by atoms with Crippen LogP contribution in [0.4, 0.5) is 4.39 Å². The number of ether oxygens (including phenoxy) is 2. The van der Waals surface area contributed by atoms with Crippen molar-refractivity contribution in [1.29, 1.82) is 0 Å². The van der Waals surface area contributed by atoms with E-state index < -0.39 is 5.60 Å². The number of nitrogens with one attached hydrogen (secondary N) is 1. The van der Waals surface area contributed by atoms with E-state index in [4.69, 9.17) is 9.47 Å². The predicted molar refractivity (Wildman–Crippen MR) is 107 cm³/mol. The van der Waals surface area contributed by atoms with Crippen LogP contribution in [-0.2, 0) is 12.1 Å². The van der Waals surface area contributed by atoms with E-state index in [9.17, 15) is 9.50 Å². The first-order valence-corrected chi connectivity index (χ1v) is 9.02. The molecule has 28 heavy (non-hydrogen) atoms. The molecule has 0 aromatic heterocycles. The van der Waals surface area contributed by atoms with Crippen molar-refractivity contribution in [2.24, 2.45) is 0 Å². The maximum absolute atomic E-state index is 13.4. The van der Waals surface area contributed by atoms with Crippen LogP contribution in [0.3, 0.4) is 0 Å². The standard InChI is InChI=1S/C23H24FNO3/c1-27-21-13-8-17(14-22(21)28-2)15-25-16-23(26,18-6-4-3-5-7-18)19-9-11-20(24)12-10-19/h3-14,25-26H,15-16H2,1-2H3/t23-/m0/s1. The Kier molecular flexibility index (Phi) is 6.29. The maximum atomic E-state index is 13.4. The van der Waals surface area contributed by atoms with E-state index in [-0.39, 0.29) is 12.4 Å². The molecule has 0 fully saturated rings. The van der Waals surface area contributed by atoms with Gasteiger partial charge >= 0.3 is 0 Å². The minimum Gasteiger partial charge on any atom is -0.493 e. The molecule has 1 atom stereocenters. The highest BCUT2D eigenvalue weighted by molar-refractivity contribution is 5.43. The molecule has 146 valence electrons. The van der Waals surface area contributed by atoms with Crippen LogP contribution in [0.2, 0.25) is 0 Å². The van der Waals surface area contributed by atoms with Gasteiger partial charge in [-0.25, -0.2) is 4.39 Å². The first kappa shape index (κ1) is 19.9. The maximum Gasteiger partial charge on any atom is 0.161 e. The van der Waals surface area contributed by atoms with Crippen LogP contribution in [-0.4, -0.2) is 25.9 Å². The third-order valence-electron chi connectivity index (χ3n) is 4.73. The van der Waals surface area contributed by atoms with Crippen LogP contribution in [0, 0.1) is 5.82 Å². The fraction of sp³-hybridized carbons (Fsp3) is 0.217. The number of hydrogen-bond acceptors (Lipinski definition) is 4. The summed E-state index contributed by atoms with van der Waals surface area (Å²) in [7, 11) is 3.19. The van der Waals surface area contributed by atoms with E-state index in [0.717, 1.165) is 11.1 Å². The molecule has 3 aromatic carbocycles. The van der Waals surface area contributed by atoms with Crippen LogP contribution in [0.25, 0.3) is 0 Å². The predicted octanol–water partition coefficient (Wildman–Crippen LogP) is 3.87. The molecule has 0 heterocycles. The van der Waals surface area contributed by atoms with Crippen LogP contribution in [0.15, 0.2) is 72.8 Å². The van der Waals surface area contributed by atoms with Crippen molar-refractivity contribution in [2.75, 3.05) is 20.8 Å². The molecule has 0 saturated carbocycles. The Morgan fingerprint density at radius 3 is 2.14 bits per heavy atom. The molecule has 3 rings (SSSR count). The van der Waals surface area contributed by atoms with Crippen LogP contribution < -0.4 is 14.8 Å². The van der Waals surface area contributed by atoms with Crippen LogP contribution >= 0.6 is 0 Å². The molecule has 0 spiro atoms. The van der Waals surface area contributed by atoms with Crippen LogP contribution in [0.1, 0.15) is 16.7 Å². The number of halogens is 1. The summed E-state index contributed by atoms with van der Waals surface area (Å²) < 4.78 is 24.0. The van der Waals surface area contributed by atoms with Crippen molar-refractivity contribution in [3.8, 4) is 11.5 Å². The molecule has 0 unspecified atom stereocenters. The Morgan fingerprint density at radius 2 is 1.50 bits per heavy atom. The highest BCUT2D eigenvalue weighted by Crippen LogP contribution is 2.30. The van der Waals surface area contributed by atoms with E-state index in [1.165, 1.54) is 12.1 Å². The molecule has 2 N–H and O–H groups in total. The second-order valence-corrected chi connectivity index (χ2v) is 6.53. The first-order chi connectivity index (χ1) is 13.6. The Hall–Kier alpha value is -2.89. The molecular formula is C23H24FNO3. The average molecular weight is 381 g/mol. The largest absolute Gasteiger partial charge is 0.493 e. The lowest BCUT2D eigenvalue weighted by molar-refractivity contribution is 0.0795. The number of hydrogen-bond donors (Lipinski definition) is 2. The van der Waals surface area contributed by atoms with Crippen LogP contribution in [0.5, 0.6) is 11.5 Å². The van der Waals surface area contributed by atoms with E-state index in [2.05, 4.69) is 5.32 Å². The molecule has 0 amide bonds. The summed E-state index contributed by atoms with van der Waals surface area (Å²) in [4.78, 5) is 0. The second kappa shape index (κ2) is 8.87. The lowest BCUT2D eigenvalue weighted by atomic mass is 9.86. The number of methoxy groups -OCH3 is 2. The van der Waals surface area contributed by atoms with Gasteiger partial charge in [-0.15, -0.1) is 0 Å². The van der Waals surface area contributed by atoms with Crippen molar-refractivity contribution < 1.29 is 19.0 Å². The monoisotopic (exact) mass is 381 g/mol. The third-order valence-corrected chi connectivity index (χ3v) is 4.73. The Balaban J connectivity index is 1.80. The number of rotatable bonds is 8. The number of benzene rings is 3. The second-order valence-electron chi connectivity index (χ2n) is 6.53. The molecule has 5 heteroatoms. The zero-order valence-corrected chi connectivity index (χ0v) is 16.0. The molecule has 0 bridgehead atoms. The quantitative estimate of drug-likeness (QED) is 0.622. The van der Waals surface area contributed by atoms with Gasteiger partial charge in [-0.05, 0) is 41.0 Å². The van der Waals surface area contributed by atoms with E-state index in [1.54, 1.807) is 26.4 Å². The molecule has 0 aliphatic carbocycles. The molecular weight excluding hydrogens is 357 g/mol. The van der Waals surface area contributed by atoms with Gasteiger partial charge in [0, 0.05) is 13.1 Å². The molecule has 0 aliphatic heterocycles. The molecule has 4 nitrogen and oxygen atoms in total. The lowest BCUT2D eigenvalue weighted by Crippen LogP contribution is -2.39. The minimum absolute atomic E-state index is 0.261. The molecule has 0 aliphatic rings. The van der Waals surface area contributed by atoms with Gasteiger partial charge < -0.3 is 19.9 Å². The van der Waals surface area contributed by atoms with Gasteiger partial charge in [0.05, 0.1) is 14.2 Å². The average Bonchev–Trinajstić information content (AvgIpc) is 2.74. The Labute approximate surface area is 164 Å². The van der Waals surface area contributed by atoms with Crippen molar-refractivity contribution in [3.63, 3.8) is 0 Å². The van der Waals surface area contributed by atoms with Crippen molar-refractivity contribution >= 4 is 0 Å². The SMILES string of the molecule is COc1ccc(CNC[C@](O)(c2ccccc2)c2ccc(F)cc2)cc1OC. The van der Waals surface area contributed by atoms with Gasteiger partial charge in [0.2, 0.25) is 0 Å². The van der Waals surface area contributed by atoms with E-state index in [0.29, 0.717) is 23.6 Å². The normalized spacial score (nSPS) is 13.0. The Morgan fingerprint density at radius 1 is 0.857 bits per heavy atom. The summed E-state index contributed by atoms with van der Waals surface area (Å²) in [6.45, 7) is 0.785. The highest BCUT2D eigenvalue weighted by atomic mass is 19.1. The zero-order chi connectivity index (χ0) is 20.0. The van der Waals surface area contributed by atoms with Gasteiger partial charge in [-0.2, -0.15) is 0 Å². The van der Waals surface area contributed by atoms with Gasteiger partial charge in [0.25, 0.3) is 0 Å². The van der Waals surface area contributed by atoms with Gasteiger partial charge in [0.15, 0.2) is 11.5 Å². The summed E-state index contributed by atoms with van der Waals surface area (Å²) in [6, 6.07) is 21.0. The number of aliphatic hydroxyl groups is 1. The van der Waals surface area contributed by atoms with Crippen molar-refractivity contribution in [3.05, 3.63) is 95.3 Å². The summed E-state index contributed by atoms with van der Waals surface area (Å²) in [5.74, 6) is 0.981. The third kappa shape index (κ3) is 4.32. The lowest BCUT2D eigenvalue weighted by Gasteiger charge is -2.30. The topological polar surface area (TPSA) is 50.7 Å². The summed E-state index contributed by atoms with van der Waals surface area (Å²) in [5, 5.41) is 14.8. The van der Waals surface area contributed by atoms with Crippen molar-refractivity contribution in [1.82, 2.24) is 5.32 Å². The smallest absolute Gasteiger partial charge is 0.161 e. The fourth-order valence-electron chi connectivity index (χ4n) is 3.19. The van der Waals surface area contributed by atoms with E-state index in [1.807, 2.05) is 48.5 Å². The Bertz CT molecular complexity index is 899. The van der Waals surface area contributed by atoms with Gasteiger partial charge in [-0.3, -0.25) is 0 Å². The highest BCUT2D eigenvalue weighted by Gasteiger charge is 2.31. The minimum atomic E-state index is -1.29. The zero-order valence-electron chi connectivity index (χ0n) is 16.0. The summed E-state index contributed by atoms with van der Waals surface area (Å²) in [6.07, 6.45) is 0. The van der Waals surface area contributed by atoms with Crippen molar-refractivity contribution in [2.45, 2.75) is 12.1 Å². The first-order valence-electron chi connectivity index (χ1n) is 9.02. The van der Waals surface area contributed by atoms with Gasteiger partial charge in [0.1, 0.15) is 11.4 Å². The summed E-state index contributed by atoms with van der Waals surface area (Å²) in [5.41, 5.74) is 1.07. The molecule has 0 radical (unpaired) electrons. The van der Waals surface area contributed by atoms with E-state index >= 15 is 0 Å². The fourth-order valence-corrected chi connectivity index (χ4v) is 3.19. The summed E-state index contributed by atoms with van der Waals surface area (Å²) >= 11 is 0. The van der Waals surface area contributed by atoms with Gasteiger partial charge in [-0.1, -0.05) is 48.5 Å². The molecule has 0 saturated heterocycles.